The molecule has 2 rings (SSSR count). The summed E-state index contributed by atoms with van der Waals surface area (Å²) in [5.41, 5.74) is 4.10. The van der Waals surface area contributed by atoms with Crippen molar-refractivity contribution >= 4 is 5.69 Å². The summed E-state index contributed by atoms with van der Waals surface area (Å²) >= 11 is 0. The molecule has 0 heterocycles. The van der Waals surface area contributed by atoms with Gasteiger partial charge in [0, 0.05) is 12.2 Å². The molecule has 0 radical (unpaired) electrons. The minimum absolute atomic E-state index is 0.192. The van der Waals surface area contributed by atoms with E-state index in [0.29, 0.717) is 6.54 Å². The molecular weight excluding hydrogens is 162 g/mol. The van der Waals surface area contributed by atoms with Crippen molar-refractivity contribution in [1.29, 1.82) is 0 Å². The van der Waals surface area contributed by atoms with E-state index in [2.05, 4.69) is 23.5 Å². The van der Waals surface area contributed by atoms with Gasteiger partial charge in [-0.3, -0.25) is 0 Å². The Morgan fingerprint density at radius 1 is 1.23 bits per heavy atom. The maximum Gasteiger partial charge on any atom is 0.0604 e. The smallest absolute Gasteiger partial charge is 0.0604 e. The molecule has 0 saturated carbocycles. The topological polar surface area (TPSA) is 32.3 Å². The number of aryl methyl sites for hydroxylation is 2. The van der Waals surface area contributed by atoms with Crippen molar-refractivity contribution in [2.45, 2.75) is 19.3 Å². The van der Waals surface area contributed by atoms with Gasteiger partial charge in [0.05, 0.1) is 6.61 Å². The number of rotatable bonds is 3. The number of fused-ring (bicyclic) bond motifs is 1. The molecule has 2 heteroatoms. The van der Waals surface area contributed by atoms with Gasteiger partial charge >= 0.3 is 0 Å². The van der Waals surface area contributed by atoms with Crippen molar-refractivity contribution in [3.63, 3.8) is 0 Å². The van der Waals surface area contributed by atoms with Crippen LogP contribution in [-0.4, -0.2) is 18.3 Å². The number of hydrogen-bond acceptors (Lipinski definition) is 2. The van der Waals surface area contributed by atoms with E-state index in [1.54, 1.807) is 0 Å². The standard InChI is InChI=1S/C11H15NO/c13-7-6-12-11-5-4-9-2-1-3-10(9)8-11/h4-5,8,12-13H,1-3,6-7H2. The van der Waals surface area contributed by atoms with Gasteiger partial charge in [0.1, 0.15) is 0 Å². The Kier molecular flexibility index (Phi) is 2.50. The first-order chi connectivity index (χ1) is 6.40. The summed E-state index contributed by atoms with van der Waals surface area (Å²) in [5, 5.41) is 11.8. The van der Waals surface area contributed by atoms with Gasteiger partial charge < -0.3 is 10.4 Å². The molecule has 0 fully saturated rings. The molecule has 0 amide bonds. The van der Waals surface area contributed by atoms with Gasteiger partial charge in [-0.25, -0.2) is 0 Å². The molecule has 1 aliphatic carbocycles. The first kappa shape index (κ1) is 8.57. The summed E-state index contributed by atoms with van der Waals surface area (Å²) in [7, 11) is 0. The number of hydrogen-bond donors (Lipinski definition) is 2. The fraction of sp³-hybridized carbons (Fsp3) is 0.455. The van der Waals surface area contributed by atoms with Crippen LogP contribution >= 0.6 is 0 Å². The summed E-state index contributed by atoms with van der Waals surface area (Å²) in [4.78, 5) is 0. The van der Waals surface area contributed by atoms with Crippen molar-refractivity contribution in [2.24, 2.45) is 0 Å². The normalized spacial score (nSPS) is 14.2. The molecule has 1 aliphatic rings. The van der Waals surface area contributed by atoms with Crippen LogP contribution in [0.25, 0.3) is 0 Å². The molecule has 1 aromatic carbocycles. The minimum atomic E-state index is 0.192. The molecule has 1 aromatic rings. The van der Waals surface area contributed by atoms with Gasteiger partial charge in [-0.05, 0) is 42.5 Å². The molecule has 0 unspecified atom stereocenters. The van der Waals surface area contributed by atoms with Crippen molar-refractivity contribution < 1.29 is 5.11 Å². The van der Waals surface area contributed by atoms with Crippen molar-refractivity contribution in [3.8, 4) is 0 Å². The first-order valence-corrected chi connectivity index (χ1v) is 4.86. The summed E-state index contributed by atoms with van der Waals surface area (Å²) < 4.78 is 0. The quantitative estimate of drug-likeness (QED) is 0.734. The van der Waals surface area contributed by atoms with Crippen LogP contribution in [-0.2, 0) is 12.8 Å². The second kappa shape index (κ2) is 3.79. The van der Waals surface area contributed by atoms with E-state index in [1.165, 1.54) is 30.4 Å². The number of benzene rings is 1. The van der Waals surface area contributed by atoms with Crippen LogP contribution in [0.5, 0.6) is 0 Å². The number of aliphatic hydroxyl groups is 1. The Hall–Kier alpha value is -1.02. The lowest BCUT2D eigenvalue weighted by molar-refractivity contribution is 0.311. The van der Waals surface area contributed by atoms with E-state index in [1.807, 2.05) is 0 Å². The van der Waals surface area contributed by atoms with E-state index in [-0.39, 0.29) is 6.61 Å². The van der Waals surface area contributed by atoms with E-state index in [0.717, 1.165) is 5.69 Å². The summed E-state index contributed by atoms with van der Waals surface area (Å²) in [6.45, 7) is 0.829. The molecule has 0 bridgehead atoms. The van der Waals surface area contributed by atoms with Crippen LogP contribution in [0.15, 0.2) is 18.2 Å². The third kappa shape index (κ3) is 1.83. The monoisotopic (exact) mass is 177 g/mol. The van der Waals surface area contributed by atoms with Gasteiger partial charge in [-0.1, -0.05) is 6.07 Å². The molecule has 0 atom stereocenters. The van der Waals surface area contributed by atoms with Crippen LogP contribution in [0.1, 0.15) is 17.5 Å². The largest absolute Gasteiger partial charge is 0.395 e. The summed E-state index contributed by atoms with van der Waals surface area (Å²) in [6.07, 6.45) is 3.73. The maximum atomic E-state index is 8.66. The van der Waals surface area contributed by atoms with Crippen LogP contribution in [0.2, 0.25) is 0 Å². The molecule has 2 N–H and O–H groups in total. The Bertz CT molecular complexity index is 296. The van der Waals surface area contributed by atoms with E-state index in [9.17, 15) is 0 Å². The summed E-state index contributed by atoms with van der Waals surface area (Å²) in [6, 6.07) is 6.50. The Labute approximate surface area is 78.6 Å². The SMILES string of the molecule is OCCNc1ccc2c(c1)CCC2. The fourth-order valence-electron chi connectivity index (χ4n) is 1.88. The third-order valence-corrected chi connectivity index (χ3v) is 2.54. The zero-order chi connectivity index (χ0) is 9.10. The number of anilines is 1. The molecular formula is C11H15NO. The fourth-order valence-corrected chi connectivity index (χ4v) is 1.88. The Morgan fingerprint density at radius 2 is 2.08 bits per heavy atom. The highest BCUT2D eigenvalue weighted by Gasteiger charge is 2.09. The first-order valence-electron chi connectivity index (χ1n) is 4.86. The zero-order valence-electron chi connectivity index (χ0n) is 7.71. The van der Waals surface area contributed by atoms with Crippen LogP contribution in [0.3, 0.4) is 0 Å². The number of nitrogens with one attached hydrogen (secondary N) is 1. The van der Waals surface area contributed by atoms with E-state index in [4.69, 9.17) is 5.11 Å². The molecule has 0 spiro atoms. The highest BCUT2D eigenvalue weighted by atomic mass is 16.3. The Morgan fingerprint density at radius 3 is 2.92 bits per heavy atom. The van der Waals surface area contributed by atoms with Crippen LogP contribution in [0, 0.1) is 0 Å². The lowest BCUT2D eigenvalue weighted by Crippen LogP contribution is -2.05. The van der Waals surface area contributed by atoms with E-state index >= 15 is 0 Å². The maximum absolute atomic E-state index is 8.66. The molecule has 0 saturated heterocycles. The van der Waals surface area contributed by atoms with Crippen molar-refractivity contribution in [1.82, 2.24) is 0 Å². The molecule has 70 valence electrons. The molecule has 0 aromatic heterocycles. The van der Waals surface area contributed by atoms with E-state index < -0.39 is 0 Å². The second-order valence-corrected chi connectivity index (χ2v) is 3.49. The van der Waals surface area contributed by atoms with Crippen LogP contribution < -0.4 is 5.32 Å². The third-order valence-electron chi connectivity index (χ3n) is 2.54. The predicted octanol–water partition coefficient (Wildman–Crippen LogP) is 1.58. The highest BCUT2D eigenvalue weighted by molar-refractivity contribution is 5.50. The lowest BCUT2D eigenvalue weighted by atomic mass is 10.1. The van der Waals surface area contributed by atoms with Gasteiger partial charge in [0.15, 0.2) is 0 Å². The average molecular weight is 177 g/mol. The van der Waals surface area contributed by atoms with Gasteiger partial charge in [-0.2, -0.15) is 0 Å². The highest BCUT2D eigenvalue weighted by Crippen LogP contribution is 2.24. The van der Waals surface area contributed by atoms with Crippen LogP contribution in [0.4, 0.5) is 5.69 Å². The molecule has 2 nitrogen and oxygen atoms in total. The van der Waals surface area contributed by atoms with Crippen molar-refractivity contribution in [3.05, 3.63) is 29.3 Å². The lowest BCUT2D eigenvalue weighted by Gasteiger charge is -2.06. The van der Waals surface area contributed by atoms with Gasteiger partial charge in [0.25, 0.3) is 0 Å². The molecule has 0 aliphatic heterocycles. The minimum Gasteiger partial charge on any atom is -0.395 e. The summed E-state index contributed by atoms with van der Waals surface area (Å²) in [5.74, 6) is 0. The van der Waals surface area contributed by atoms with Crippen molar-refractivity contribution in [2.75, 3.05) is 18.5 Å². The zero-order valence-corrected chi connectivity index (χ0v) is 7.71. The number of aliphatic hydroxyl groups excluding tert-OH is 1. The Balaban J connectivity index is 2.12. The van der Waals surface area contributed by atoms with Gasteiger partial charge in [0.2, 0.25) is 0 Å². The predicted molar refractivity (Wildman–Crippen MR) is 54.0 cm³/mol. The van der Waals surface area contributed by atoms with Gasteiger partial charge in [-0.15, -0.1) is 0 Å². The second-order valence-electron chi connectivity index (χ2n) is 3.49. The molecule has 13 heavy (non-hydrogen) atoms. The average Bonchev–Trinajstić information content (AvgIpc) is 2.61.